The molecule has 2 rings (SSSR count). The third-order valence-electron chi connectivity index (χ3n) is 3.41. The summed E-state index contributed by atoms with van der Waals surface area (Å²) in [6, 6.07) is 5.81. The highest BCUT2D eigenvalue weighted by molar-refractivity contribution is 9.10. The highest BCUT2D eigenvalue weighted by Crippen LogP contribution is 2.25. The van der Waals surface area contributed by atoms with Crippen molar-refractivity contribution in [1.82, 2.24) is 10.7 Å². The second kappa shape index (κ2) is 8.45. The van der Waals surface area contributed by atoms with E-state index in [0.717, 1.165) is 40.9 Å². The van der Waals surface area contributed by atoms with Gasteiger partial charge in [0.05, 0.1) is 23.4 Å². The monoisotopic (exact) mass is 385 g/mol. The molecule has 1 heterocycles. The van der Waals surface area contributed by atoms with Crippen molar-refractivity contribution in [2.45, 2.75) is 25.9 Å². The standard InChI is InChI=1S/C15H20BrN3O2S/c1-10(11-5-6-14(20-2)13(16)8-11)18-19-15(22)17-9-12-4-3-7-21-12/h5-6,8,12H,3-4,7,9H2,1-2H3,(H2,17,19,22)/b18-10-/t12-/m1/s1. The quantitative estimate of drug-likeness (QED) is 0.463. The van der Waals surface area contributed by atoms with Crippen LogP contribution in [0.4, 0.5) is 0 Å². The Kier molecular flexibility index (Phi) is 6.60. The molecule has 1 aromatic carbocycles. The lowest BCUT2D eigenvalue weighted by Gasteiger charge is -2.12. The van der Waals surface area contributed by atoms with Crippen LogP contribution in [0.3, 0.4) is 0 Å². The molecular formula is C15H20BrN3O2S. The van der Waals surface area contributed by atoms with Gasteiger partial charge in [0, 0.05) is 13.2 Å². The van der Waals surface area contributed by atoms with Gasteiger partial charge in [0.15, 0.2) is 5.11 Å². The molecule has 0 saturated carbocycles. The molecule has 1 atom stereocenters. The van der Waals surface area contributed by atoms with E-state index in [9.17, 15) is 0 Å². The first-order valence-corrected chi connectivity index (χ1v) is 8.34. The van der Waals surface area contributed by atoms with Crippen LogP contribution in [0.15, 0.2) is 27.8 Å². The summed E-state index contributed by atoms with van der Waals surface area (Å²) in [7, 11) is 1.64. The van der Waals surface area contributed by atoms with Crippen LogP contribution >= 0.6 is 28.1 Å². The van der Waals surface area contributed by atoms with Gasteiger partial charge in [-0.3, -0.25) is 5.43 Å². The summed E-state index contributed by atoms with van der Waals surface area (Å²) in [5.41, 5.74) is 4.68. The van der Waals surface area contributed by atoms with Gasteiger partial charge in [0.1, 0.15) is 5.75 Å². The van der Waals surface area contributed by atoms with Crippen molar-refractivity contribution in [1.29, 1.82) is 0 Å². The summed E-state index contributed by atoms with van der Waals surface area (Å²) in [5.74, 6) is 0.790. The van der Waals surface area contributed by atoms with E-state index in [2.05, 4.69) is 31.8 Å². The maximum absolute atomic E-state index is 5.53. The first kappa shape index (κ1) is 17.2. The maximum atomic E-state index is 5.53. The third kappa shape index (κ3) is 4.93. The van der Waals surface area contributed by atoms with Gasteiger partial charge < -0.3 is 14.8 Å². The number of hydrogen-bond acceptors (Lipinski definition) is 4. The van der Waals surface area contributed by atoms with Gasteiger partial charge in [0.25, 0.3) is 0 Å². The zero-order chi connectivity index (χ0) is 15.9. The molecule has 0 bridgehead atoms. The lowest BCUT2D eigenvalue weighted by Crippen LogP contribution is -2.37. The molecular weight excluding hydrogens is 366 g/mol. The Balaban J connectivity index is 1.85. The molecule has 1 fully saturated rings. The molecule has 0 spiro atoms. The topological polar surface area (TPSA) is 54.9 Å². The largest absolute Gasteiger partial charge is 0.496 e. The highest BCUT2D eigenvalue weighted by Gasteiger charge is 2.15. The van der Waals surface area contributed by atoms with Crippen LogP contribution in [-0.4, -0.2) is 37.2 Å². The number of benzene rings is 1. The molecule has 1 saturated heterocycles. The highest BCUT2D eigenvalue weighted by atomic mass is 79.9. The van der Waals surface area contributed by atoms with Gasteiger partial charge >= 0.3 is 0 Å². The van der Waals surface area contributed by atoms with E-state index >= 15 is 0 Å². The van der Waals surface area contributed by atoms with Gasteiger partial charge in [-0.1, -0.05) is 0 Å². The van der Waals surface area contributed by atoms with Gasteiger partial charge in [-0.2, -0.15) is 5.10 Å². The molecule has 0 radical (unpaired) electrons. The smallest absolute Gasteiger partial charge is 0.187 e. The number of methoxy groups -OCH3 is 1. The van der Waals surface area contributed by atoms with Crippen molar-refractivity contribution in [2.75, 3.05) is 20.3 Å². The van der Waals surface area contributed by atoms with E-state index in [1.165, 1.54) is 0 Å². The summed E-state index contributed by atoms with van der Waals surface area (Å²) >= 11 is 8.67. The first-order valence-electron chi connectivity index (χ1n) is 7.14. The SMILES string of the molecule is COc1ccc(/C(C)=N\NC(=S)NC[C@H]2CCCO2)cc1Br. The second-order valence-electron chi connectivity index (χ2n) is 5.00. The Hall–Kier alpha value is -1.18. The number of hydrogen-bond donors (Lipinski definition) is 2. The van der Waals surface area contributed by atoms with Gasteiger partial charge in [-0.25, -0.2) is 0 Å². The van der Waals surface area contributed by atoms with Gasteiger partial charge in [-0.15, -0.1) is 0 Å². The summed E-state index contributed by atoms with van der Waals surface area (Å²) in [5, 5.41) is 7.92. The number of hydrazone groups is 1. The molecule has 1 aliphatic rings. The van der Waals surface area contributed by atoms with Crippen molar-refractivity contribution < 1.29 is 9.47 Å². The second-order valence-corrected chi connectivity index (χ2v) is 6.27. The summed E-state index contributed by atoms with van der Waals surface area (Å²) in [6.07, 6.45) is 2.45. The van der Waals surface area contributed by atoms with Crippen LogP contribution in [0.1, 0.15) is 25.3 Å². The molecule has 0 aromatic heterocycles. The minimum atomic E-state index is 0.252. The van der Waals surface area contributed by atoms with Gasteiger partial charge in [-0.05, 0) is 71.7 Å². The lowest BCUT2D eigenvalue weighted by atomic mass is 10.1. The fraction of sp³-hybridized carbons (Fsp3) is 0.467. The minimum Gasteiger partial charge on any atom is -0.496 e. The molecule has 0 aliphatic carbocycles. The van der Waals surface area contributed by atoms with E-state index in [1.54, 1.807) is 7.11 Å². The lowest BCUT2D eigenvalue weighted by molar-refractivity contribution is 0.114. The molecule has 0 unspecified atom stereocenters. The minimum absolute atomic E-state index is 0.252. The summed E-state index contributed by atoms with van der Waals surface area (Å²) in [6.45, 7) is 3.48. The molecule has 7 heteroatoms. The molecule has 2 N–H and O–H groups in total. The molecule has 0 amide bonds. The fourth-order valence-electron chi connectivity index (χ4n) is 2.14. The van der Waals surface area contributed by atoms with E-state index in [0.29, 0.717) is 11.7 Å². The van der Waals surface area contributed by atoms with Gasteiger partial charge in [0.2, 0.25) is 0 Å². The van der Waals surface area contributed by atoms with Crippen LogP contribution < -0.4 is 15.5 Å². The molecule has 5 nitrogen and oxygen atoms in total. The predicted molar refractivity (Wildman–Crippen MR) is 95.6 cm³/mol. The fourth-order valence-corrected chi connectivity index (χ4v) is 2.81. The molecule has 120 valence electrons. The first-order chi connectivity index (χ1) is 10.6. The zero-order valence-corrected chi connectivity index (χ0v) is 15.1. The average Bonchev–Trinajstić information content (AvgIpc) is 3.03. The molecule has 1 aromatic rings. The van der Waals surface area contributed by atoms with E-state index in [4.69, 9.17) is 21.7 Å². The van der Waals surface area contributed by atoms with Crippen molar-refractivity contribution >= 4 is 39.0 Å². The maximum Gasteiger partial charge on any atom is 0.187 e. The van der Waals surface area contributed by atoms with Crippen molar-refractivity contribution in [3.05, 3.63) is 28.2 Å². The number of nitrogens with zero attached hydrogens (tertiary/aromatic N) is 1. The number of thiocarbonyl (C=S) groups is 1. The van der Waals surface area contributed by atoms with Crippen LogP contribution in [0, 0.1) is 0 Å². The average molecular weight is 386 g/mol. The normalized spacial score (nSPS) is 18.1. The van der Waals surface area contributed by atoms with E-state index in [-0.39, 0.29) is 6.10 Å². The predicted octanol–water partition coefficient (Wildman–Crippen LogP) is 2.82. The number of nitrogens with one attached hydrogen (secondary N) is 2. The Morgan fingerprint density at radius 2 is 2.36 bits per heavy atom. The van der Waals surface area contributed by atoms with E-state index in [1.807, 2.05) is 25.1 Å². The third-order valence-corrected chi connectivity index (χ3v) is 4.26. The number of rotatable bonds is 5. The molecule has 1 aliphatic heterocycles. The number of ether oxygens (including phenoxy) is 2. The molecule has 22 heavy (non-hydrogen) atoms. The van der Waals surface area contributed by atoms with Crippen LogP contribution in [0.5, 0.6) is 5.75 Å². The number of halogens is 1. The summed E-state index contributed by atoms with van der Waals surface area (Å²) in [4.78, 5) is 0. The zero-order valence-electron chi connectivity index (χ0n) is 12.7. The van der Waals surface area contributed by atoms with Crippen molar-refractivity contribution in [3.8, 4) is 5.75 Å². The Bertz CT molecular complexity index is 560. The Labute approximate surface area is 144 Å². The van der Waals surface area contributed by atoms with Crippen LogP contribution in [0.25, 0.3) is 0 Å². The summed E-state index contributed by atoms with van der Waals surface area (Å²) < 4.78 is 11.6. The van der Waals surface area contributed by atoms with Crippen LogP contribution in [0.2, 0.25) is 0 Å². The Morgan fingerprint density at radius 1 is 1.55 bits per heavy atom. The Morgan fingerprint density at radius 3 is 3.00 bits per heavy atom. The van der Waals surface area contributed by atoms with E-state index < -0.39 is 0 Å². The van der Waals surface area contributed by atoms with Crippen molar-refractivity contribution in [3.63, 3.8) is 0 Å². The van der Waals surface area contributed by atoms with Crippen LogP contribution in [-0.2, 0) is 4.74 Å². The van der Waals surface area contributed by atoms with Crippen molar-refractivity contribution in [2.24, 2.45) is 5.10 Å².